The number of hydrogen-bond donors (Lipinski definition) is 1. The minimum Gasteiger partial charge on any atom is -0.324 e. The summed E-state index contributed by atoms with van der Waals surface area (Å²) in [6.45, 7) is 0. The van der Waals surface area contributed by atoms with Crippen LogP contribution < -0.4 is 10.2 Å². The second kappa shape index (κ2) is 7.23. The third-order valence-electron chi connectivity index (χ3n) is 5.74. The zero-order chi connectivity index (χ0) is 22.5. The van der Waals surface area contributed by atoms with Crippen LogP contribution in [0.5, 0.6) is 0 Å². The number of nitrogens with one attached hydrogen (secondary N) is 1. The van der Waals surface area contributed by atoms with Gasteiger partial charge in [0.1, 0.15) is 11.9 Å². The van der Waals surface area contributed by atoms with Crippen molar-refractivity contribution in [3.8, 4) is 0 Å². The van der Waals surface area contributed by atoms with Crippen molar-refractivity contribution in [3.05, 3.63) is 113 Å². The van der Waals surface area contributed by atoms with Gasteiger partial charge in [-0.3, -0.25) is 9.59 Å². The van der Waals surface area contributed by atoms with Crippen LogP contribution in [-0.4, -0.2) is 26.6 Å². The molecule has 4 aromatic rings. The number of allylic oxidation sites excluding steroid dienone is 1. The number of hydrogen-bond acceptors (Lipinski definition) is 5. The van der Waals surface area contributed by atoms with E-state index < -0.39 is 17.9 Å². The van der Waals surface area contributed by atoms with Crippen LogP contribution in [-0.2, 0) is 0 Å². The highest BCUT2D eigenvalue weighted by atomic mass is 19.1. The molecule has 2 aliphatic rings. The summed E-state index contributed by atoms with van der Waals surface area (Å²) in [6, 6.07) is 22.0. The second-order valence-electron chi connectivity index (χ2n) is 7.74. The van der Waals surface area contributed by atoms with E-state index in [1.54, 1.807) is 41.1 Å². The zero-order valence-electron chi connectivity index (χ0n) is 17.1. The number of fused-ring (bicyclic) bond motifs is 2. The van der Waals surface area contributed by atoms with Crippen LogP contribution in [0.3, 0.4) is 0 Å². The average Bonchev–Trinajstić information content (AvgIpc) is 3.38. The fourth-order valence-corrected chi connectivity index (χ4v) is 4.13. The summed E-state index contributed by atoms with van der Waals surface area (Å²) in [7, 11) is 0. The summed E-state index contributed by atoms with van der Waals surface area (Å²) in [5.74, 6) is -0.914. The Kier molecular flexibility index (Phi) is 4.19. The molecule has 3 aromatic carbocycles. The van der Waals surface area contributed by atoms with Gasteiger partial charge in [0.15, 0.2) is 0 Å². The largest absolute Gasteiger partial charge is 0.324 e. The molecule has 2 amide bonds. The molecule has 1 unspecified atom stereocenters. The van der Waals surface area contributed by atoms with Crippen molar-refractivity contribution in [1.82, 2.24) is 14.8 Å². The number of nitrogens with zero attached hydrogens (tertiary/aromatic N) is 4. The van der Waals surface area contributed by atoms with Crippen molar-refractivity contribution in [1.29, 1.82) is 0 Å². The summed E-state index contributed by atoms with van der Waals surface area (Å²) in [5.41, 5.74) is 3.15. The maximum absolute atomic E-state index is 13.6. The van der Waals surface area contributed by atoms with Gasteiger partial charge in [0.25, 0.3) is 17.8 Å². The molecule has 0 radical (unpaired) electrons. The smallest absolute Gasteiger partial charge is 0.268 e. The minimum absolute atomic E-state index is 0.0153. The SMILES string of the molecule is O=C1c2ccccc2C(=O)N1c1nc2n(n1)C(c1ccc(F)cc1)C=C(c1ccccc1)N2. The highest BCUT2D eigenvalue weighted by Crippen LogP contribution is 2.35. The highest BCUT2D eigenvalue weighted by molar-refractivity contribution is 6.33. The lowest BCUT2D eigenvalue weighted by Gasteiger charge is -2.24. The number of amides is 2. The first-order valence-electron chi connectivity index (χ1n) is 10.3. The molecule has 1 atom stereocenters. The summed E-state index contributed by atoms with van der Waals surface area (Å²) in [4.78, 5) is 31.4. The number of rotatable bonds is 3. The molecule has 33 heavy (non-hydrogen) atoms. The molecule has 2 aliphatic heterocycles. The molecule has 160 valence electrons. The van der Waals surface area contributed by atoms with Crippen molar-refractivity contribution < 1.29 is 14.0 Å². The lowest BCUT2D eigenvalue weighted by atomic mass is 10.0. The monoisotopic (exact) mass is 437 g/mol. The van der Waals surface area contributed by atoms with E-state index >= 15 is 0 Å². The molecule has 0 spiro atoms. The zero-order valence-corrected chi connectivity index (χ0v) is 17.1. The molecule has 8 heteroatoms. The molecule has 1 N–H and O–H groups in total. The standard InChI is InChI=1S/C25H16FN5O2/c26-17-12-10-16(11-13-17)21-14-20(15-6-2-1-3-7-15)27-24-28-25(29-31(21)24)30-22(32)18-8-4-5-9-19(18)23(30)33/h1-14,21H,(H,27,28,29). The van der Waals surface area contributed by atoms with Gasteiger partial charge in [0, 0.05) is 5.70 Å². The van der Waals surface area contributed by atoms with Gasteiger partial charge in [-0.05, 0) is 41.5 Å². The average molecular weight is 437 g/mol. The Balaban J connectivity index is 1.46. The van der Waals surface area contributed by atoms with E-state index in [1.165, 1.54) is 12.1 Å². The maximum atomic E-state index is 13.6. The van der Waals surface area contributed by atoms with E-state index in [-0.39, 0.29) is 11.8 Å². The maximum Gasteiger partial charge on any atom is 0.268 e. The first kappa shape index (κ1) is 19.1. The van der Waals surface area contributed by atoms with Crippen molar-refractivity contribution >= 4 is 29.4 Å². The van der Waals surface area contributed by atoms with E-state index in [0.717, 1.165) is 21.7 Å². The number of imide groups is 1. The van der Waals surface area contributed by atoms with Crippen LogP contribution in [0.1, 0.15) is 37.9 Å². The predicted octanol–water partition coefficient (Wildman–Crippen LogP) is 4.27. The molecule has 0 saturated carbocycles. The topological polar surface area (TPSA) is 80.1 Å². The van der Waals surface area contributed by atoms with Crippen molar-refractivity contribution in [2.75, 3.05) is 10.2 Å². The lowest BCUT2D eigenvalue weighted by Crippen LogP contribution is -2.30. The first-order valence-corrected chi connectivity index (χ1v) is 10.3. The number of halogens is 1. The molecule has 0 aliphatic carbocycles. The predicted molar refractivity (Wildman–Crippen MR) is 120 cm³/mol. The van der Waals surface area contributed by atoms with Crippen LogP contribution in [0.2, 0.25) is 0 Å². The summed E-state index contributed by atoms with van der Waals surface area (Å²) < 4.78 is 15.2. The highest BCUT2D eigenvalue weighted by Gasteiger charge is 2.40. The normalized spacial score (nSPS) is 16.8. The van der Waals surface area contributed by atoms with Crippen LogP contribution in [0.15, 0.2) is 84.9 Å². The number of aromatic nitrogens is 3. The summed E-state index contributed by atoms with van der Waals surface area (Å²) in [6.07, 6.45) is 1.95. The van der Waals surface area contributed by atoms with Crippen molar-refractivity contribution in [3.63, 3.8) is 0 Å². The van der Waals surface area contributed by atoms with Gasteiger partial charge >= 0.3 is 0 Å². The van der Waals surface area contributed by atoms with Gasteiger partial charge < -0.3 is 5.32 Å². The second-order valence-corrected chi connectivity index (χ2v) is 7.74. The fourth-order valence-electron chi connectivity index (χ4n) is 4.13. The molecule has 3 heterocycles. The molecule has 0 bridgehead atoms. The van der Waals surface area contributed by atoms with E-state index in [1.807, 2.05) is 36.4 Å². The van der Waals surface area contributed by atoms with E-state index in [4.69, 9.17) is 0 Å². The molecule has 0 fully saturated rings. The minimum atomic E-state index is -0.465. The number of carbonyl (C=O) groups is 2. The van der Waals surface area contributed by atoms with Crippen LogP contribution in [0.25, 0.3) is 5.70 Å². The fraction of sp³-hybridized carbons (Fsp3) is 0.0400. The quantitative estimate of drug-likeness (QED) is 0.484. The van der Waals surface area contributed by atoms with Crippen molar-refractivity contribution in [2.24, 2.45) is 0 Å². The molecule has 7 nitrogen and oxygen atoms in total. The molecule has 6 rings (SSSR count). The van der Waals surface area contributed by atoms with Gasteiger partial charge in [-0.15, -0.1) is 5.10 Å². The van der Waals surface area contributed by atoms with Gasteiger partial charge in [-0.2, -0.15) is 4.98 Å². The Hall–Kier alpha value is -4.59. The Morgan fingerprint density at radius 1 is 0.818 bits per heavy atom. The van der Waals surface area contributed by atoms with Gasteiger partial charge in [-0.25, -0.2) is 14.0 Å². The molecule has 0 saturated heterocycles. The number of anilines is 2. The lowest BCUT2D eigenvalue weighted by molar-refractivity contribution is 0.0923. The van der Waals surface area contributed by atoms with E-state index in [9.17, 15) is 14.0 Å². The van der Waals surface area contributed by atoms with Crippen LogP contribution >= 0.6 is 0 Å². The molecule has 1 aromatic heterocycles. The van der Waals surface area contributed by atoms with Gasteiger partial charge in [0.05, 0.1) is 11.1 Å². The molecular weight excluding hydrogens is 421 g/mol. The number of benzene rings is 3. The van der Waals surface area contributed by atoms with Crippen LogP contribution in [0.4, 0.5) is 16.3 Å². The van der Waals surface area contributed by atoms with Gasteiger partial charge in [-0.1, -0.05) is 54.6 Å². The first-order chi connectivity index (χ1) is 16.1. The van der Waals surface area contributed by atoms with Crippen LogP contribution in [0, 0.1) is 5.82 Å². The summed E-state index contributed by atoms with van der Waals surface area (Å²) >= 11 is 0. The Morgan fingerprint density at radius 3 is 2.12 bits per heavy atom. The summed E-state index contributed by atoms with van der Waals surface area (Å²) in [5, 5.41) is 7.76. The third-order valence-corrected chi connectivity index (χ3v) is 5.74. The van der Waals surface area contributed by atoms with E-state index in [0.29, 0.717) is 17.1 Å². The Labute approximate surface area is 187 Å². The Bertz CT molecular complexity index is 1410. The Morgan fingerprint density at radius 2 is 1.45 bits per heavy atom. The number of carbonyl (C=O) groups excluding carboxylic acids is 2. The third kappa shape index (κ3) is 3.03. The van der Waals surface area contributed by atoms with E-state index in [2.05, 4.69) is 15.4 Å². The van der Waals surface area contributed by atoms with Crippen molar-refractivity contribution in [2.45, 2.75) is 6.04 Å². The van der Waals surface area contributed by atoms with Gasteiger partial charge in [0.2, 0.25) is 5.95 Å². The molecular formula is C25H16FN5O2.